The largest absolute Gasteiger partial charge is 0.507 e. The first-order valence-corrected chi connectivity index (χ1v) is 12.8. The Balaban J connectivity index is 1.64. The van der Waals surface area contributed by atoms with E-state index in [-0.39, 0.29) is 23.5 Å². The number of aromatic hydroxyl groups is 1. The van der Waals surface area contributed by atoms with Crippen LogP contribution < -0.4 is 5.32 Å². The third kappa shape index (κ3) is 5.79. The van der Waals surface area contributed by atoms with E-state index in [1.54, 1.807) is 19.2 Å². The van der Waals surface area contributed by atoms with E-state index < -0.39 is 34.3 Å². The van der Waals surface area contributed by atoms with Crippen LogP contribution in [0.2, 0.25) is 0 Å². The molecule has 0 aliphatic rings. The van der Waals surface area contributed by atoms with Gasteiger partial charge in [-0.3, -0.25) is 10.1 Å². The van der Waals surface area contributed by atoms with Crippen LogP contribution in [0.5, 0.6) is 5.75 Å². The molecule has 0 fully saturated rings. The number of amides is 1. The third-order valence-electron chi connectivity index (χ3n) is 4.96. The van der Waals surface area contributed by atoms with Crippen LogP contribution in [0.25, 0.3) is 11.3 Å². The van der Waals surface area contributed by atoms with E-state index in [9.17, 15) is 23.1 Å². The molecule has 1 aromatic heterocycles. The maximum atomic E-state index is 12.7. The minimum absolute atomic E-state index is 0.156. The van der Waals surface area contributed by atoms with Crippen LogP contribution in [-0.2, 0) is 19.6 Å². The van der Waals surface area contributed by atoms with E-state index in [2.05, 4.69) is 10.3 Å². The average Bonchev–Trinajstić information content (AvgIpc) is 3.27. The minimum atomic E-state index is -3.84. The van der Waals surface area contributed by atoms with Gasteiger partial charge in [0.2, 0.25) is 10.0 Å². The van der Waals surface area contributed by atoms with Crippen molar-refractivity contribution in [3.8, 4) is 17.0 Å². The lowest BCUT2D eigenvalue weighted by Gasteiger charge is -2.19. The number of esters is 1. The smallest absolute Gasteiger partial charge is 0.342 e. The van der Waals surface area contributed by atoms with Crippen LogP contribution in [0.4, 0.5) is 5.13 Å². The zero-order valence-electron chi connectivity index (χ0n) is 18.9. The van der Waals surface area contributed by atoms with Crippen molar-refractivity contribution in [3.05, 3.63) is 59.0 Å². The van der Waals surface area contributed by atoms with Gasteiger partial charge in [-0.25, -0.2) is 18.2 Å². The van der Waals surface area contributed by atoms with Crippen LogP contribution in [0.3, 0.4) is 0 Å². The summed E-state index contributed by atoms with van der Waals surface area (Å²) >= 11 is 1.23. The molecule has 0 saturated heterocycles. The lowest BCUT2D eigenvalue weighted by Crippen LogP contribution is -2.30. The van der Waals surface area contributed by atoms with Crippen molar-refractivity contribution >= 4 is 38.4 Å². The van der Waals surface area contributed by atoms with Gasteiger partial charge in [-0.15, -0.1) is 11.3 Å². The number of phenols is 1. The number of nitrogens with zero attached hydrogens (tertiary/aromatic N) is 2. The summed E-state index contributed by atoms with van der Waals surface area (Å²) in [5, 5.41) is 14.7. The summed E-state index contributed by atoms with van der Waals surface area (Å²) in [6, 6.07) is 11.1. The number of aromatic nitrogens is 1. The number of hydrogen-bond donors (Lipinski definition) is 2. The number of hydrogen-bond acceptors (Lipinski definition) is 8. The lowest BCUT2D eigenvalue weighted by molar-refractivity contribution is -0.119. The molecule has 0 saturated carbocycles. The molecule has 180 valence electrons. The summed E-state index contributed by atoms with van der Waals surface area (Å²) in [6.07, 6.45) is 0. The van der Waals surface area contributed by atoms with Crippen molar-refractivity contribution in [2.45, 2.75) is 25.7 Å². The fourth-order valence-electron chi connectivity index (χ4n) is 3.10. The van der Waals surface area contributed by atoms with Gasteiger partial charge in [-0.1, -0.05) is 43.7 Å². The Hall–Kier alpha value is -3.28. The molecular formula is C23H25N3O6S2. The van der Waals surface area contributed by atoms with Gasteiger partial charge in [0.15, 0.2) is 11.7 Å². The number of sulfonamides is 1. The van der Waals surface area contributed by atoms with E-state index in [0.29, 0.717) is 10.8 Å². The van der Waals surface area contributed by atoms with Crippen molar-refractivity contribution in [3.63, 3.8) is 0 Å². The van der Waals surface area contributed by atoms with Crippen LogP contribution in [0.1, 0.15) is 29.8 Å². The Kier molecular flexibility index (Phi) is 8.02. The molecule has 3 aromatic rings. The lowest BCUT2D eigenvalue weighted by atomic mass is 10.1. The molecule has 0 bridgehead atoms. The predicted molar refractivity (Wildman–Crippen MR) is 129 cm³/mol. The molecule has 0 radical (unpaired) electrons. The Morgan fingerprint density at radius 3 is 2.44 bits per heavy atom. The summed E-state index contributed by atoms with van der Waals surface area (Å²) in [4.78, 5) is 28.9. The van der Waals surface area contributed by atoms with Crippen LogP contribution >= 0.6 is 11.3 Å². The Morgan fingerprint density at radius 1 is 1.12 bits per heavy atom. The maximum Gasteiger partial charge on any atom is 0.342 e. The monoisotopic (exact) mass is 503 g/mol. The van der Waals surface area contributed by atoms with Crippen LogP contribution in [0, 0.1) is 6.92 Å². The average molecular weight is 504 g/mol. The minimum Gasteiger partial charge on any atom is -0.507 e. The summed E-state index contributed by atoms with van der Waals surface area (Å²) in [5.74, 6) is -2.10. The normalized spacial score (nSPS) is 11.4. The molecule has 0 atom stereocenters. The first-order valence-electron chi connectivity index (χ1n) is 10.5. The first kappa shape index (κ1) is 25.3. The summed E-state index contributed by atoms with van der Waals surface area (Å²) in [7, 11) is -3.84. The second-order valence-corrected chi connectivity index (χ2v) is 10.1. The van der Waals surface area contributed by atoms with Gasteiger partial charge in [0, 0.05) is 24.0 Å². The number of phenolic OH excluding ortho intramolecular Hbond substituents is 1. The number of benzene rings is 2. The summed E-state index contributed by atoms with van der Waals surface area (Å²) in [5.41, 5.74) is 2.38. The van der Waals surface area contributed by atoms with E-state index >= 15 is 0 Å². The van der Waals surface area contributed by atoms with Gasteiger partial charge < -0.3 is 9.84 Å². The van der Waals surface area contributed by atoms with Crippen molar-refractivity contribution < 1.29 is 27.9 Å². The highest BCUT2D eigenvalue weighted by molar-refractivity contribution is 7.89. The SMILES string of the molecule is CCN(CC)S(=O)(=O)c1ccc(O)c(C(=O)OCC(=O)Nc2nc(-c3ccc(C)cc3)cs2)c1. The van der Waals surface area contributed by atoms with Gasteiger partial charge in [-0.2, -0.15) is 4.31 Å². The standard InChI is InChI=1S/C23H25N3O6S2/c1-4-26(5-2)34(30,31)17-10-11-20(27)18(12-17)22(29)32-13-21(28)25-23-24-19(14-33-23)16-8-6-15(3)7-9-16/h6-12,14,27H,4-5,13H2,1-3H3,(H,24,25,28). The third-order valence-corrected chi connectivity index (χ3v) is 7.77. The predicted octanol–water partition coefficient (Wildman–Crippen LogP) is 3.65. The highest BCUT2D eigenvalue weighted by Gasteiger charge is 2.25. The fourth-order valence-corrected chi connectivity index (χ4v) is 5.32. The van der Waals surface area contributed by atoms with Gasteiger partial charge >= 0.3 is 5.97 Å². The first-order chi connectivity index (χ1) is 16.1. The molecule has 2 aromatic carbocycles. The molecule has 1 heterocycles. The Labute approximate surface area is 202 Å². The molecule has 0 aliphatic carbocycles. The molecule has 3 rings (SSSR count). The number of rotatable bonds is 9. The van der Waals surface area contributed by atoms with Crippen molar-refractivity contribution in [2.75, 3.05) is 25.0 Å². The quantitative estimate of drug-likeness (QED) is 0.427. The zero-order chi connectivity index (χ0) is 24.9. The molecule has 34 heavy (non-hydrogen) atoms. The number of nitrogens with one attached hydrogen (secondary N) is 1. The number of ether oxygens (including phenoxy) is 1. The van der Waals surface area contributed by atoms with Gasteiger partial charge in [0.25, 0.3) is 5.91 Å². The highest BCUT2D eigenvalue weighted by atomic mass is 32.2. The molecule has 11 heteroatoms. The Bertz CT molecular complexity index is 1280. The second-order valence-electron chi connectivity index (χ2n) is 7.30. The molecule has 0 unspecified atom stereocenters. The number of aryl methyl sites for hydroxylation is 1. The molecule has 1 amide bonds. The van der Waals surface area contributed by atoms with Crippen molar-refractivity contribution in [2.24, 2.45) is 0 Å². The molecule has 0 spiro atoms. The van der Waals surface area contributed by atoms with Gasteiger partial charge in [0.05, 0.1) is 10.6 Å². The number of thiazole rings is 1. The zero-order valence-corrected chi connectivity index (χ0v) is 20.6. The van der Waals surface area contributed by atoms with E-state index in [0.717, 1.165) is 23.3 Å². The number of carbonyl (C=O) groups excluding carboxylic acids is 2. The van der Waals surface area contributed by atoms with Gasteiger partial charge in [0.1, 0.15) is 11.3 Å². The van der Waals surface area contributed by atoms with E-state index in [1.165, 1.54) is 21.7 Å². The molecular weight excluding hydrogens is 478 g/mol. The van der Waals surface area contributed by atoms with Crippen LogP contribution in [0.15, 0.2) is 52.7 Å². The Morgan fingerprint density at radius 2 is 1.79 bits per heavy atom. The topological polar surface area (TPSA) is 126 Å². The highest BCUT2D eigenvalue weighted by Crippen LogP contribution is 2.26. The summed E-state index contributed by atoms with van der Waals surface area (Å²) < 4.78 is 31.6. The van der Waals surface area contributed by atoms with Crippen molar-refractivity contribution in [1.29, 1.82) is 0 Å². The van der Waals surface area contributed by atoms with E-state index in [1.807, 2.05) is 31.2 Å². The van der Waals surface area contributed by atoms with Crippen molar-refractivity contribution in [1.82, 2.24) is 9.29 Å². The van der Waals surface area contributed by atoms with E-state index in [4.69, 9.17) is 4.74 Å². The fraction of sp³-hybridized carbons (Fsp3) is 0.261. The second kappa shape index (κ2) is 10.8. The van der Waals surface area contributed by atoms with Crippen LogP contribution in [-0.4, -0.2) is 54.4 Å². The molecule has 2 N–H and O–H groups in total. The number of carbonyl (C=O) groups is 2. The molecule has 9 nitrogen and oxygen atoms in total. The number of anilines is 1. The summed E-state index contributed by atoms with van der Waals surface area (Å²) in [6.45, 7) is 5.25. The molecule has 0 aliphatic heterocycles. The van der Waals surface area contributed by atoms with Gasteiger partial charge in [-0.05, 0) is 25.1 Å². The maximum absolute atomic E-state index is 12.7.